The Labute approximate surface area is 278 Å². The van der Waals surface area contributed by atoms with E-state index in [0.29, 0.717) is 28.2 Å². The summed E-state index contributed by atoms with van der Waals surface area (Å²) in [6.45, 7) is 2.16. The first kappa shape index (κ1) is 30.1. The highest BCUT2D eigenvalue weighted by Gasteiger charge is 2.29. The van der Waals surface area contributed by atoms with Gasteiger partial charge in [0.25, 0.3) is 5.91 Å². The third-order valence-electron chi connectivity index (χ3n) is 8.37. The second kappa shape index (κ2) is 13.8. The molecule has 1 amide bonds. The number of nitrogens with zero attached hydrogens (tertiary/aromatic N) is 4. The van der Waals surface area contributed by atoms with Crippen LogP contribution in [-0.2, 0) is 17.8 Å². The Morgan fingerprint density at radius 3 is 2.41 bits per heavy atom. The number of likely N-dealkylation sites (tertiary alicyclic amines) is 1. The number of para-hydroxylation sites is 1. The predicted molar refractivity (Wildman–Crippen MR) is 187 cm³/mol. The number of ether oxygens (including phenoxy) is 1. The van der Waals surface area contributed by atoms with Crippen LogP contribution in [0.15, 0.2) is 125 Å². The van der Waals surface area contributed by atoms with Gasteiger partial charge in [0.1, 0.15) is 18.1 Å². The zero-order valence-electron chi connectivity index (χ0n) is 25.3. The monoisotopic (exact) mass is 644 g/mol. The zero-order valence-corrected chi connectivity index (χ0v) is 26.8. The third kappa shape index (κ3) is 6.96. The van der Waals surface area contributed by atoms with E-state index in [1.807, 2.05) is 95.8 Å². The fourth-order valence-corrected chi connectivity index (χ4v) is 7.04. The predicted octanol–water partition coefficient (Wildman–Crippen LogP) is 8.70. The number of halogens is 1. The summed E-state index contributed by atoms with van der Waals surface area (Å²) in [4.78, 5) is 20.5. The largest absolute Gasteiger partial charge is 0.489 e. The summed E-state index contributed by atoms with van der Waals surface area (Å²) >= 11 is 7.80. The molecule has 1 saturated heterocycles. The van der Waals surface area contributed by atoms with Gasteiger partial charge in [-0.2, -0.15) is 10.1 Å². The van der Waals surface area contributed by atoms with Crippen LogP contribution in [0.3, 0.4) is 0 Å². The molecule has 4 aromatic carbocycles. The van der Waals surface area contributed by atoms with E-state index in [1.54, 1.807) is 0 Å². The Kier molecular flexibility index (Phi) is 9.03. The number of benzene rings is 4. The smallest absolute Gasteiger partial charge is 0.286 e. The molecular formula is C38H33ClN4O2S. The summed E-state index contributed by atoms with van der Waals surface area (Å²) in [7, 11) is 0. The van der Waals surface area contributed by atoms with E-state index in [2.05, 4.69) is 40.2 Å². The minimum atomic E-state index is -0.207. The molecule has 2 aliphatic heterocycles. The van der Waals surface area contributed by atoms with Crippen LogP contribution >= 0.6 is 23.4 Å². The molecule has 6 nitrogen and oxygen atoms in total. The Hall–Kier alpha value is -4.59. The molecule has 0 saturated carbocycles. The van der Waals surface area contributed by atoms with Crippen molar-refractivity contribution < 1.29 is 9.53 Å². The van der Waals surface area contributed by atoms with Crippen LogP contribution in [0.1, 0.15) is 29.5 Å². The van der Waals surface area contributed by atoms with Crippen LogP contribution in [0.2, 0.25) is 5.02 Å². The Balaban J connectivity index is 1.10. The fraction of sp³-hybridized carbons (Fsp3) is 0.184. The molecule has 0 atom stereocenters. The van der Waals surface area contributed by atoms with Crippen LogP contribution in [0.25, 0.3) is 23.0 Å². The van der Waals surface area contributed by atoms with Crippen molar-refractivity contribution in [2.75, 3.05) is 13.1 Å². The number of hydrogen-bond donors (Lipinski definition) is 0. The maximum atomic E-state index is 13.2. The first-order valence-corrected chi connectivity index (χ1v) is 16.7. The van der Waals surface area contributed by atoms with Gasteiger partial charge < -0.3 is 9.64 Å². The summed E-state index contributed by atoms with van der Waals surface area (Å²) < 4.78 is 7.97. The molecule has 230 valence electrons. The normalized spacial score (nSPS) is 16.2. The minimum Gasteiger partial charge on any atom is -0.489 e. The van der Waals surface area contributed by atoms with Crippen molar-refractivity contribution in [3.8, 4) is 22.7 Å². The molecule has 2 aliphatic rings. The number of amidine groups is 1. The zero-order chi connectivity index (χ0) is 31.3. The van der Waals surface area contributed by atoms with Crippen molar-refractivity contribution >= 4 is 40.5 Å². The Bertz CT molecular complexity index is 1900. The lowest BCUT2D eigenvalue weighted by atomic mass is 9.90. The van der Waals surface area contributed by atoms with Crippen molar-refractivity contribution in [2.24, 2.45) is 10.9 Å². The number of piperidine rings is 1. The highest BCUT2D eigenvalue weighted by atomic mass is 35.5. The first-order chi connectivity index (χ1) is 22.6. The van der Waals surface area contributed by atoms with Crippen LogP contribution in [0.4, 0.5) is 0 Å². The molecule has 5 aromatic rings. The quantitative estimate of drug-likeness (QED) is 0.158. The average molecular weight is 645 g/mol. The van der Waals surface area contributed by atoms with E-state index in [9.17, 15) is 4.79 Å². The van der Waals surface area contributed by atoms with Gasteiger partial charge in [-0.1, -0.05) is 90.5 Å². The summed E-state index contributed by atoms with van der Waals surface area (Å²) in [5.74, 6) is 1.15. The number of carbonyl (C=O) groups excluding carboxylic acids is 1. The number of rotatable bonds is 8. The topological polar surface area (TPSA) is 59.7 Å². The van der Waals surface area contributed by atoms with Gasteiger partial charge in [0, 0.05) is 41.0 Å². The van der Waals surface area contributed by atoms with E-state index in [0.717, 1.165) is 65.6 Å². The van der Waals surface area contributed by atoms with Crippen molar-refractivity contribution in [2.45, 2.75) is 25.9 Å². The maximum absolute atomic E-state index is 13.2. The van der Waals surface area contributed by atoms with Crippen LogP contribution in [0, 0.1) is 5.92 Å². The summed E-state index contributed by atoms with van der Waals surface area (Å²) in [5, 5.41) is 6.44. The number of aliphatic imine (C=N–C) groups is 1. The van der Waals surface area contributed by atoms with Crippen LogP contribution < -0.4 is 4.74 Å². The Morgan fingerprint density at radius 2 is 1.63 bits per heavy atom. The molecule has 0 radical (unpaired) electrons. The molecule has 1 aromatic heterocycles. The Morgan fingerprint density at radius 1 is 0.891 bits per heavy atom. The molecule has 0 N–H and O–H groups in total. The number of aromatic nitrogens is 2. The van der Waals surface area contributed by atoms with Gasteiger partial charge >= 0.3 is 0 Å². The molecule has 0 spiro atoms. The van der Waals surface area contributed by atoms with E-state index < -0.39 is 0 Å². The van der Waals surface area contributed by atoms with Gasteiger partial charge in [0.2, 0.25) is 0 Å². The summed E-state index contributed by atoms with van der Waals surface area (Å²) in [6, 6.07) is 36.2. The van der Waals surface area contributed by atoms with E-state index in [4.69, 9.17) is 21.4 Å². The standard InChI is InChI=1S/C38H33ClN4O2S/c39-34-17-8-7-12-30(34)26-45-33-16-9-13-29(23-33)36-31(25-43(41-36)32-14-5-2-6-15-32)24-35-37(44)40-38(46-35)42-20-18-28(19-21-42)22-27-10-3-1-4-11-27/h1-17,23-25,28H,18-22,26H2/b35-24-. The maximum Gasteiger partial charge on any atom is 0.286 e. The third-order valence-corrected chi connectivity index (χ3v) is 9.78. The van der Waals surface area contributed by atoms with Gasteiger partial charge in [-0.3, -0.25) is 4.79 Å². The molecule has 8 heteroatoms. The highest BCUT2D eigenvalue weighted by Crippen LogP contribution is 2.35. The molecule has 0 aliphatic carbocycles. The van der Waals surface area contributed by atoms with Crippen LogP contribution in [0.5, 0.6) is 5.75 Å². The molecule has 0 bridgehead atoms. The highest BCUT2D eigenvalue weighted by molar-refractivity contribution is 8.18. The van der Waals surface area contributed by atoms with Crippen LogP contribution in [-0.4, -0.2) is 38.8 Å². The average Bonchev–Trinajstić information content (AvgIpc) is 3.69. The lowest BCUT2D eigenvalue weighted by Crippen LogP contribution is -2.37. The lowest BCUT2D eigenvalue weighted by molar-refractivity contribution is -0.113. The van der Waals surface area contributed by atoms with E-state index in [1.165, 1.54) is 17.3 Å². The lowest BCUT2D eigenvalue weighted by Gasteiger charge is -2.32. The van der Waals surface area contributed by atoms with Crippen molar-refractivity contribution in [3.05, 3.63) is 142 Å². The SMILES string of the molecule is O=C1N=C(N2CCC(Cc3ccccc3)CC2)S/C1=C\c1cn(-c2ccccc2)nc1-c1cccc(OCc2ccccc2Cl)c1. The summed E-state index contributed by atoms with van der Waals surface area (Å²) in [5.41, 5.74) is 5.71. The second-order valence-corrected chi connectivity index (χ2v) is 13.0. The van der Waals surface area contributed by atoms with Crippen molar-refractivity contribution in [1.82, 2.24) is 14.7 Å². The number of hydrogen-bond acceptors (Lipinski definition) is 5. The van der Waals surface area contributed by atoms with Gasteiger partial charge in [-0.25, -0.2) is 4.68 Å². The second-order valence-electron chi connectivity index (χ2n) is 11.6. The van der Waals surface area contributed by atoms with Gasteiger partial charge in [0.15, 0.2) is 5.17 Å². The van der Waals surface area contributed by atoms with Crippen molar-refractivity contribution in [3.63, 3.8) is 0 Å². The summed E-state index contributed by atoms with van der Waals surface area (Å²) in [6.07, 6.45) is 7.16. The van der Waals surface area contributed by atoms with E-state index in [-0.39, 0.29) is 5.91 Å². The number of amides is 1. The molecule has 1 fully saturated rings. The van der Waals surface area contributed by atoms with Crippen molar-refractivity contribution in [1.29, 1.82) is 0 Å². The number of carbonyl (C=O) groups is 1. The van der Waals surface area contributed by atoms with Gasteiger partial charge in [0.05, 0.1) is 10.6 Å². The molecule has 46 heavy (non-hydrogen) atoms. The van der Waals surface area contributed by atoms with Gasteiger partial charge in [-0.15, -0.1) is 0 Å². The minimum absolute atomic E-state index is 0.207. The van der Waals surface area contributed by atoms with Gasteiger partial charge in [-0.05, 0) is 78.9 Å². The molecular weight excluding hydrogens is 612 g/mol. The molecule has 0 unspecified atom stereocenters. The molecule has 7 rings (SSSR count). The van der Waals surface area contributed by atoms with E-state index >= 15 is 0 Å². The number of thioether (sulfide) groups is 1. The fourth-order valence-electron chi connectivity index (χ4n) is 5.89. The first-order valence-electron chi connectivity index (χ1n) is 15.5. The molecule has 3 heterocycles.